The van der Waals surface area contributed by atoms with E-state index in [9.17, 15) is 24.4 Å². The molecule has 0 saturated carbocycles. The van der Waals surface area contributed by atoms with Crippen molar-refractivity contribution >= 4 is 25.0 Å². The molecule has 1 saturated heterocycles. The highest BCUT2D eigenvalue weighted by Gasteiger charge is 2.43. The SMILES string of the molecule is CCCCCCCCC[C@H](NC(=O)[C@@H]1C[C@@H](OC(=O)N2Cc3ccccc3C2)CN1C(=O)CNCCc1ccccc1)B(O)O. The Morgan fingerprint density at radius 3 is 2.24 bits per heavy atom. The maximum Gasteiger partial charge on any atom is 0.475 e. The average molecular weight is 621 g/mol. The van der Waals surface area contributed by atoms with Crippen molar-refractivity contribution in [2.45, 2.75) is 102 Å². The molecule has 0 unspecified atom stereocenters. The number of hydrogen-bond acceptors (Lipinski definition) is 7. The first-order valence-electron chi connectivity index (χ1n) is 16.6. The van der Waals surface area contributed by atoms with Crippen LogP contribution in [-0.4, -0.2) is 82.6 Å². The predicted molar refractivity (Wildman–Crippen MR) is 174 cm³/mol. The zero-order valence-electron chi connectivity index (χ0n) is 26.5. The maximum atomic E-state index is 13.5. The van der Waals surface area contributed by atoms with Gasteiger partial charge in [-0.15, -0.1) is 0 Å². The molecule has 2 heterocycles. The van der Waals surface area contributed by atoms with E-state index < -0.39 is 37.2 Å². The van der Waals surface area contributed by atoms with Crippen molar-refractivity contribution in [1.29, 1.82) is 0 Å². The fraction of sp³-hybridized carbons (Fsp3) is 0.559. The molecule has 0 aromatic heterocycles. The zero-order valence-corrected chi connectivity index (χ0v) is 26.5. The van der Waals surface area contributed by atoms with Crippen molar-refractivity contribution in [2.75, 3.05) is 19.6 Å². The first-order valence-corrected chi connectivity index (χ1v) is 16.6. The summed E-state index contributed by atoms with van der Waals surface area (Å²) in [6, 6.07) is 16.9. The second-order valence-corrected chi connectivity index (χ2v) is 12.3. The van der Waals surface area contributed by atoms with Crippen molar-refractivity contribution in [3.8, 4) is 0 Å². The van der Waals surface area contributed by atoms with E-state index in [-0.39, 0.29) is 25.4 Å². The molecule has 3 atom stereocenters. The Kier molecular flexibility index (Phi) is 13.7. The summed E-state index contributed by atoms with van der Waals surface area (Å²) in [5, 5.41) is 26.0. The molecule has 45 heavy (non-hydrogen) atoms. The second kappa shape index (κ2) is 17.9. The summed E-state index contributed by atoms with van der Waals surface area (Å²) < 4.78 is 5.84. The summed E-state index contributed by atoms with van der Waals surface area (Å²) in [6.45, 7) is 3.79. The standard InChI is InChI=1S/C34H49BN4O6/c1-2-3-4-5-6-7-11-18-31(35(43)44)37-33(41)30-21-29(45-34(42)38-23-27-16-12-13-17-28(27)24-38)25-39(30)32(40)22-36-20-19-26-14-9-8-10-15-26/h8-10,12-17,29-31,36,43-44H,2-7,11,18-25H2,1H3,(H,37,41)/t29-,30+,31+/m1/s1. The molecule has 2 aliphatic rings. The van der Waals surface area contributed by atoms with E-state index in [0.717, 1.165) is 48.8 Å². The number of carbonyl (C=O) groups excluding carboxylic acids is 3. The molecule has 4 N–H and O–H groups in total. The normalized spacial score (nSPS) is 18.0. The third kappa shape index (κ3) is 10.6. The monoisotopic (exact) mass is 620 g/mol. The van der Waals surface area contributed by atoms with Gasteiger partial charge >= 0.3 is 13.2 Å². The van der Waals surface area contributed by atoms with Crippen LogP contribution in [0.4, 0.5) is 4.79 Å². The van der Waals surface area contributed by atoms with Crippen LogP contribution in [0.15, 0.2) is 54.6 Å². The fourth-order valence-electron chi connectivity index (χ4n) is 6.16. The molecule has 0 bridgehead atoms. The Bertz CT molecular complexity index is 1210. The molecule has 11 heteroatoms. The molecular weight excluding hydrogens is 571 g/mol. The van der Waals surface area contributed by atoms with Crippen molar-refractivity contribution in [1.82, 2.24) is 20.4 Å². The number of nitrogens with zero attached hydrogens (tertiary/aromatic N) is 2. The van der Waals surface area contributed by atoms with Crippen molar-refractivity contribution < 1.29 is 29.2 Å². The number of carbonyl (C=O) groups is 3. The molecule has 10 nitrogen and oxygen atoms in total. The number of amides is 3. The Labute approximate surface area is 267 Å². The van der Waals surface area contributed by atoms with E-state index >= 15 is 0 Å². The number of benzene rings is 2. The lowest BCUT2D eigenvalue weighted by molar-refractivity contribution is -0.138. The highest BCUT2D eigenvalue weighted by atomic mass is 16.6. The lowest BCUT2D eigenvalue weighted by atomic mass is 9.76. The van der Waals surface area contributed by atoms with Gasteiger partial charge in [0.2, 0.25) is 11.8 Å². The van der Waals surface area contributed by atoms with Gasteiger partial charge in [-0.3, -0.25) is 14.5 Å². The zero-order chi connectivity index (χ0) is 32.0. The van der Waals surface area contributed by atoms with Crippen molar-refractivity contribution in [3.63, 3.8) is 0 Å². The minimum atomic E-state index is -1.72. The lowest BCUT2D eigenvalue weighted by Gasteiger charge is -2.26. The van der Waals surface area contributed by atoms with E-state index in [1.54, 1.807) is 4.90 Å². The van der Waals surface area contributed by atoms with Crippen LogP contribution < -0.4 is 10.6 Å². The quantitative estimate of drug-likeness (QED) is 0.157. The van der Waals surface area contributed by atoms with Gasteiger partial charge in [0.1, 0.15) is 12.1 Å². The van der Waals surface area contributed by atoms with Crippen LogP contribution in [0.1, 0.15) is 81.4 Å². The highest BCUT2D eigenvalue weighted by Crippen LogP contribution is 2.26. The maximum absolute atomic E-state index is 13.5. The molecule has 0 radical (unpaired) electrons. The predicted octanol–water partition coefficient (Wildman–Crippen LogP) is 3.58. The van der Waals surface area contributed by atoms with Gasteiger partial charge in [0.05, 0.1) is 19.0 Å². The summed E-state index contributed by atoms with van der Waals surface area (Å²) in [7, 11) is -1.72. The molecule has 0 aliphatic carbocycles. The van der Waals surface area contributed by atoms with Gasteiger partial charge in [-0.05, 0) is 36.1 Å². The number of fused-ring (bicyclic) bond motifs is 1. The number of nitrogens with one attached hydrogen (secondary N) is 2. The van der Waals surface area contributed by atoms with Crippen molar-refractivity contribution in [3.05, 3.63) is 71.3 Å². The van der Waals surface area contributed by atoms with Gasteiger partial charge in [-0.25, -0.2) is 4.79 Å². The number of hydrogen-bond donors (Lipinski definition) is 4. The molecular formula is C34H49BN4O6. The van der Waals surface area contributed by atoms with Crippen LogP contribution in [0, 0.1) is 0 Å². The van der Waals surface area contributed by atoms with Gasteiger partial charge in [-0.2, -0.15) is 0 Å². The third-order valence-electron chi connectivity index (χ3n) is 8.77. The molecule has 0 spiro atoms. The first-order chi connectivity index (χ1) is 21.9. The molecule has 2 aromatic rings. The minimum Gasteiger partial charge on any atom is -0.444 e. The Morgan fingerprint density at radius 1 is 0.933 bits per heavy atom. The Balaban J connectivity index is 1.33. The van der Waals surface area contributed by atoms with E-state index in [4.69, 9.17) is 4.74 Å². The topological polar surface area (TPSA) is 131 Å². The molecule has 244 valence electrons. The molecule has 3 amide bonds. The molecule has 2 aliphatic heterocycles. The van der Waals surface area contributed by atoms with Crippen LogP contribution >= 0.6 is 0 Å². The summed E-state index contributed by atoms with van der Waals surface area (Å²) in [6.07, 6.45) is 7.69. The summed E-state index contributed by atoms with van der Waals surface area (Å²) in [5.41, 5.74) is 3.30. The number of likely N-dealkylation sites (tertiary alicyclic amines) is 1. The van der Waals surface area contributed by atoms with E-state index in [1.165, 1.54) is 24.2 Å². The van der Waals surface area contributed by atoms with Gasteiger partial charge in [0, 0.05) is 19.5 Å². The van der Waals surface area contributed by atoms with E-state index in [0.29, 0.717) is 26.1 Å². The molecule has 1 fully saturated rings. The number of unbranched alkanes of at least 4 members (excludes halogenated alkanes) is 6. The fourth-order valence-corrected chi connectivity index (χ4v) is 6.16. The summed E-state index contributed by atoms with van der Waals surface area (Å²) in [4.78, 5) is 43.1. The number of ether oxygens (including phenoxy) is 1. The summed E-state index contributed by atoms with van der Waals surface area (Å²) >= 11 is 0. The lowest BCUT2D eigenvalue weighted by Crippen LogP contribution is -2.54. The van der Waals surface area contributed by atoms with Crippen LogP contribution in [0.5, 0.6) is 0 Å². The Morgan fingerprint density at radius 2 is 1.58 bits per heavy atom. The van der Waals surface area contributed by atoms with Crippen LogP contribution in [0.3, 0.4) is 0 Å². The largest absolute Gasteiger partial charge is 0.475 e. The summed E-state index contributed by atoms with van der Waals surface area (Å²) in [5.74, 6) is -1.59. The number of rotatable bonds is 17. The third-order valence-corrected chi connectivity index (χ3v) is 8.77. The highest BCUT2D eigenvalue weighted by molar-refractivity contribution is 6.43. The van der Waals surface area contributed by atoms with Gasteiger partial charge < -0.3 is 30.3 Å². The van der Waals surface area contributed by atoms with Gasteiger partial charge in [-0.1, -0.05) is 106 Å². The van der Waals surface area contributed by atoms with Crippen LogP contribution in [0.25, 0.3) is 0 Å². The van der Waals surface area contributed by atoms with Gasteiger partial charge in [0.25, 0.3) is 0 Å². The molecule has 4 rings (SSSR count). The molecule has 2 aromatic carbocycles. The van der Waals surface area contributed by atoms with Crippen molar-refractivity contribution in [2.24, 2.45) is 0 Å². The second-order valence-electron chi connectivity index (χ2n) is 12.3. The van der Waals surface area contributed by atoms with E-state index in [2.05, 4.69) is 17.6 Å². The van der Waals surface area contributed by atoms with Crippen LogP contribution in [0.2, 0.25) is 0 Å². The van der Waals surface area contributed by atoms with Crippen LogP contribution in [-0.2, 0) is 33.8 Å². The average Bonchev–Trinajstić information content (AvgIpc) is 3.67. The van der Waals surface area contributed by atoms with E-state index in [1.807, 2.05) is 54.6 Å². The minimum absolute atomic E-state index is 0.0306. The first kappa shape index (κ1) is 34.5. The Hall–Kier alpha value is -3.41. The smallest absolute Gasteiger partial charge is 0.444 e. The van der Waals surface area contributed by atoms with Gasteiger partial charge in [0.15, 0.2) is 0 Å².